The second-order valence-corrected chi connectivity index (χ2v) is 6.85. The van der Waals surface area contributed by atoms with Crippen LogP contribution in [0.1, 0.15) is 33.6 Å². The van der Waals surface area contributed by atoms with Crippen molar-refractivity contribution in [3.8, 4) is 0 Å². The van der Waals surface area contributed by atoms with Crippen LogP contribution >= 0.6 is 0 Å². The molecule has 9 heteroatoms. The Morgan fingerprint density at radius 3 is 2.22 bits per heavy atom. The normalized spacial score (nSPS) is 15.8. The predicted octanol–water partition coefficient (Wildman–Crippen LogP) is -0.887. The third-order valence-electron chi connectivity index (χ3n) is 4.19. The van der Waals surface area contributed by atoms with Crippen molar-refractivity contribution >= 4 is 29.4 Å². The second-order valence-electron chi connectivity index (χ2n) is 6.85. The van der Waals surface area contributed by atoms with Crippen LogP contribution in [-0.4, -0.2) is 60.0 Å². The van der Waals surface area contributed by atoms with E-state index in [-0.39, 0.29) is 37.0 Å². The van der Waals surface area contributed by atoms with Crippen molar-refractivity contribution in [1.82, 2.24) is 15.5 Å². The molecule has 1 aliphatic rings. The third kappa shape index (κ3) is 6.93. The van der Waals surface area contributed by atoms with Gasteiger partial charge >= 0.3 is 0 Å². The summed E-state index contributed by atoms with van der Waals surface area (Å²) in [5, 5.41) is 5.27. The Labute approximate surface area is 158 Å². The molecule has 1 aliphatic heterocycles. The summed E-state index contributed by atoms with van der Waals surface area (Å²) in [6.45, 7) is 5.83. The molecule has 0 radical (unpaired) electrons. The van der Waals surface area contributed by atoms with Crippen LogP contribution in [0, 0.1) is 11.8 Å². The molecule has 0 saturated heterocycles. The summed E-state index contributed by atoms with van der Waals surface area (Å²) >= 11 is 0. The lowest BCUT2D eigenvalue weighted by atomic mass is 9.92. The van der Waals surface area contributed by atoms with E-state index in [0.717, 1.165) is 17.1 Å². The van der Waals surface area contributed by atoms with Crippen molar-refractivity contribution < 1.29 is 24.0 Å². The number of hydrogen-bond donors (Lipinski definition) is 3. The quantitative estimate of drug-likeness (QED) is 0.398. The Kier molecular flexibility index (Phi) is 8.80. The number of carbonyl (C=O) groups excluding carboxylic acids is 5. The molecule has 0 aliphatic carbocycles. The minimum absolute atomic E-state index is 0.00739. The highest BCUT2D eigenvalue weighted by molar-refractivity contribution is 6.13. The third-order valence-corrected chi connectivity index (χ3v) is 4.19. The van der Waals surface area contributed by atoms with Crippen LogP contribution in [0.25, 0.3) is 0 Å². The van der Waals surface area contributed by atoms with Gasteiger partial charge in [0, 0.05) is 50.5 Å². The largest absolute Gasteiger partial charge is 0.355 e. The van der Waals surface area contributed by atoms with E-state index in [1.165, 1.54) is 0 Å². The molecule has 1 rings (SSSR count). The van der Waals surface area contributed by atoms with Gasteiger partial charge in [0.2, 0.25) is 11.8 Å². The first-order valence-corrected chi connectivity index (χ1v) is 9.00. The molecule has 4 N–H and O–H groups in total. The lowest BCUT2D eigenvalue weighted by Gasteiger charge is -2.23. The van der Waals surface area contributed by atoms with E-state index >= 15 is 0 Å². The number of ketones is 1. The number of carbonyl (C=O) groups is 5. The van der Waals surface area contributed by atoms with Crippen molar-refractivity contribution in [3.05, 3.63) is 12.2 Å². The molecule has 4 amide bonds. The molecule has 0 aromatic heterocycles. The Morgan fingerprint density at radius 1 is 1.11 bits per heavy atom. The zero-order chi connectivity index (χ0) is 20.6. The van der Waals surface area contributed by atoms with Gasteiger partial charge in [0.1, 0.15) is 0 Å². The first kappa shape index (κ1) is 22.5. The number of amides is 4. The lowest BCUT2D eigenvalue weighted by Crippen LogP contribution is -2.46. The Hall–Kier alpha value is -2.55. The summed E-state index contributed by atoms with van der Waals surface area (Å²) in [6, 6.07) is -0.745. The average molecular weight is 380 g/mol. The average Bonchev–Trinajstić information content (AvgIpc) is 2.93. The Morgan fingerprint density at radius 2 is 1.70 bits per heavy atom. The van der Waals surface area contributed by atoms with Crippen molar-refractivity contribution in [2.75, 3.05) is 19.6 Å². The fraction of sp³-hybridized carbons (Fsp3) is 0.611. The van der Waals surface area contributed by atoms with Crippen LogP contribution in [0.2, 0.25) is 0 Å². The SMILES string of the molecule is CC(C)[C@H](NC(=O)CCN1C(=O)C=CC1=O)C(=O)C[C@@H](C)C(=O)NCCN. The maximum Gasteiger partial charge on any atom is 0.253 e. The van der Waals surface area contributed by atoms with E-state index in [1.807, 2.05) is 0 Å². The molecular formula is C18H28N4O5. The van der Waals surface area contributed by atoms with Gasteiger partial charge in [-0.15, -0.1) is 0 Å². The smallest absolute Gasteiger partial charge is 0.253 e. The van der Waals surface area contributed by atoms with Crippen LogP contribution in [0.4, 0.5) is 0 Å². The first-order chi connectivity index (χ1) is 12.7. The maximum atomic E-state index is 12.5. The number of imide groups is 1. The zero-order valence-corrected chi connectivity index (χ0v) is 16.0. The van der Waals surface area contributed by atoms with Crippen LogP contribution in [0.15, 0.2) is 12.2 Å². The molecule has 0 fully saturated rings. The highest BCUT2D eigenvalue weighted by Gasteiger charge is 2.28. The van der Waals surface area contributed by atoms with Gasteiger partial charge in [0.15, 0.2) is 5.78 Å². The predicted molar refractivity (Wildman–Crippen MR) is 98.1 cm³/mol. The zero-order valence-electron chi connectivity index (χ0n) is 16.0. The highest BCUT2D eigenvalue weighted by atomic mass is 16.2. The van der Waals surface area contributed by atoms with E-state index in [9.17, 15) is 24.0 Å². The monoisotopic (exact) mass is 380 g/mol. The fourth-order valence-corrected chi connectivity index (χ4v) is 2.62. The van der Waals surface area contributed by atoms with Crippen LogP contribution < -0.4 is 16.4 Å². The van der Waals surface area contributed by atoms with Crippen molar-refractivity contribution in [1.29, 1.82) is 0 Å². The van der Waals surface area contributed by atoms with Gasteiger partial charge in [0.25, 0.3) is 11.8 Å². The summed E-state index contributed by atoms with van der Waals surface area (Å²) in [7, 11) is 0. The van der Waals surface area contributed by atoms with Gasteiger partial charge in [-0.1, -0.05) is 20.8 Å². The number of hydrogen-bond acceptors (Lipinski definition) is 6. The molecule has 0 aromatic carbocycles. The number of nitrogens with one attached hydrogen (secondary N) is 2. The van der Waals surface area contributed by atoms with Gasteiger partial charge in [0.05, 0.1) is 6.04 Å². The van der Waals surface area contributed by atoms with E-state index in [0.29, 0.717) is 13.1 Å². The van der Waals surface area contributed by atoms with E-state index < -0.39 is 29.7 Å². The van der Waals surface area contributed by atoms with Gasteiger partial charge < -0.3 is 16.4 Å². The summed E-state index contributed by atoms with van der Waals surface area (Å²) in [6.07, 6.45) is 2.20. The van der Waals surface area contributed by atoms with E-state index in [4.69, 9.17) is 5.73 Å². The fourth-order valence-electron chi connectivity index (χ4n) is 2.62. The van der Waals surface area contributed by atoms with E-state index in [2.05, 4.69) is 10.6 Å². The molecule has 0 unspecified atom stereocenters. The highest BCUT2D eigenvalue weighted by Crippen LogP contribution is 2.12. The number of Topliss-reactive ketones (excluding diaryl/α,β-unsaturated/α-hetero) is 1. The van der Waals surface area contributed by atoms with Gasteiger partial charge in [-0.3, -0.25) is 28.9 Å². The molecule has 0 aromatic rings. The number of nitrogens with zero attached hydrogens (tertiary/aromatic N) is 1. The molecule has 0 bridgehead atoms. The van der Waals surface area contributed by atoms with Gasteiger partial charge in [-0.25, -0.2) is 0 Å². The molecular weight excluding hydrogens is 352 g/mol. The maximum absolute atomic E-state index is 12.5. The molecule has 27 heavy (non-hydrogen) atoms. The van der Waals surface area contributed by atoms with Crippen molar-refractivity contribution in [3.63, 3.8) is 0 Å². The minimum Gasteiger partial charge on any atom is -0.355 e. The summed E-state index contributed by atoms with van der Waals surface area (Å²) in [4.78, 5) is 60.5. The molecule has 0 saturated carbocycles. The summed E-state index contributed by atoms with van der Waals surface area (Å²) in [5.41, 5.74) is 5.33. The molecule has 1 heterocycles. The topological polar surface area (TPSA) is 139 Å². The number of nitrogens with two attached hydrogens (primary N) is 1. The van der Waals surface area contributed by atoms with E-state index in [1.54, 1.807) is 20.8 Å². The lowest BCUT2D eigenvalue weighted by molar-refractivity contribution is -0.137. The van der Waals surface area contributed by atoms with Crippen molar-refractivity contribution in [2.24, 2.45) is 17.6 Å². The first-order valence-electron chi connectivity index (χ1n) is 9.00. The molecule has 150 valence electrons. The van der Waals surface area contributed by atoms with Crippen molar-refractivity contribution in [2.45, 2.75) is 39.7 Å². The molecule has 9 nitrogen and oxygen atoms in total. The van der Waals surface area contributed by atoms with Gasteiger partial charge in [-0.05, 0) is 5.92 Å². The molecule has 0 spiro atoms. The standard InChI is InChI=1S/C18H28N4O5/c1-11(2)17(13(23)10-12(3)18(27)20-8-7-19)21-14(24)6-9-22-15(25)4-5-16(22)26/h4-5,11-12,17H,6-10,19H2,1-3H3,(H,20,27)(H,21,24)/t12-,17+/m1/s1. The summed E-state index contributed by atoms with van der Waals surface area (Å²) < 4.78 is 0. The Balaban J connectivity index is 2.55. The van der Waals surface area contributed by atoms with Crippen LogP contribution in [-0.2, 0) is 24.0 Å². The summed E-state index contributed by atoms with van der Waals surface area (Å²) in [5.74, 6) is -2.56. The van der Waals surface area contributed by atoms with Crippen LogP contribution in [0.5, 0.6) is 0 Å². The van der Waals surface area contributed by atoms with Gasteiger partial charge in [-0.2, -0.15) is 0 Å². The minimum atomic E-state index is -0.745. The Bertz CT molecular complexity index is 611. The number of rotatable bonds is 11. The van der Waals surface area contributed by atoms with Crippen LogP contribution in [0.3, 0.4) is 0 Å². The second kappa shape index (κ2) is 10.6. The molecule has 2 atom stereocenters.